The van der Waals surface area contributed by atoms with E-state index < -0.39 is 0 Å². The summed E-state index contributed by atoms with van der Waals surface area (Å²) in [6.07, 6.45) is 0. The van der Waals surface area contributed by atoms with Gasteiger partial charge in [0, 0.05) is 49.1 Å². The number of para-hydroxylation sites is 7. The van der Waals surface area contributed by atoms with Crippen LogP contribution in [0.3, 0.4) is 0 Å². The Hall–Kier alpha value is -7.70. The molecule has 5 aromatic heterocycles. The Balaban J connectivity index is 1.18. The van der Waals surface area contributed by atoms with E-state index in [1.54, 1.807) is 0 Å². The molecule has 260 valence electrons. The second-order valence-electron chi connectivity index (χ2n) is 14.7. The van der Waals surface area contributed by atoms with Crippen molar-refractivity contribution in [2.24, 2.45) is 0 Å². The quantitative estimate of drug-likeness (QED) is 0.183. The number of aromatic nitrogens is 6. The van der Waals surface area contributed by atoms with E-state index in [9.17, 15) is 0 Å². The fourth-order valence-electron chi connectivity index (χ4n) is 9.37. The Morgan fingerprint density at radius 3 is 1.18 bits per heavy atom. The van der Waals surface area contributed by atoms with Crippen molar-refractivity contribution in [2.75, 3.05) is 0 Å². The number of fused-ring (bicyclic) bond motifs is 14. The van der Waals surface area contributed by atoms with Crippen molar-refractivity contribution in [1.82, 2.24) is 28.1 Å². The lowest BCUT2D eigenvalue weighted by molar-refractivity contribution is 0.979. The Morgan fingerprint density at radius 1 is 0.286 bits per heavy atom. The van der Waals surface area contributed by atoms with E-state index in [1.807, 2.05) is 0 Å². The molecule has 56 heavy (non-hydrogen) atoms. The summed E-state index contributed by atoms with van der Waals surface area (Å²) in [7, 11) is 0. The first-order chi connectivity index (χ1) is 27.8. The van der Waals surface area contributed by atoms with Crippen LogP contribution in [-0.4, -0.2) is 28.1 Å². The second kappa shape index (κ2) is 10.9. The van der Waals surface area contributed by atoms with Crippen molar-refractivity contribution >= 4 is 93.0 Å². The van der Waals surface area contributed by atoms with E-state index in [0.29, 0.717) is 0 Å². The summed E-state index contributed by atoms with van der Waals surface area (Å²) in [6, 6.07) is 65.3. The van der Waals surface area contributed by atoms with Gasteiger partial charge in [0.2, 0.25) is 5.95 Å². The van der Waals surface area contributed by atoms with Crippen LogP contribution in [0.5, 0.6) is 0 Å². The Morgan fingerprint density at radius 2 is 0.679 bits per heavy atom. The van der Waals surface area contributed by atoms with E-state index in [0.717, 1.165) is 66.7 Å². The van der Waals surface area contributed by atoms with E-state index in [4.69, 9.17) is 9.97 Å². The molecule has 0 N–H and O–H groups in total. The van der Waals surface area contributed by atoms with Gasteiger partial charge in [0.25, 0.3) is 0 Å². The summed E-state index contributed by atoms with van der Waals surface area (Å²) in [5.74, 6) is 0.807. The maximum absolute atomic E-state index is 5.45. The third-order valence-corrected chi connectivity index (χ3v) is 11.7. The number of hydrogen-bond donors (Lipinski definition) is 0. The zero-order valence-electron chi connectivity index (χ0n) is 30.0. The molecule has 0 bridgehead atoms. The topological polar surface area (TPSA) is 45.0 Å². The number of rotatable bonds is 3. The molecule has 0 atom stereocenters. The molecule has 0 aliphatic rings. The highest BCUT2D eigenvalue weighted by molar-refractivity contribution is 6.14. The summed E-state index contributed by atoms with van der Waals surface area (Å²) >= 11 is 0. The van der Waals surface area contributed by atoms with E-state index in [1.165, 1.54) is 43.6 Å². The Labute approximate surface area is 319 Å². The van der Waals surface area contributed by atoms with Gasteiger partial charge in [0.15, 0.2) is 0 Å². The van der Waals surface area contributed by atoms with E-state index in [-0.39, 0.29) is 0 Å². The van der Waals surface area contributed by atoms with E-state index >= 15 is 0 Å². The molecule has 0 fully saturated rings. The first-order valence-corrected chi connectivity index (χ1v) is 19.0. The maximum Gasteiger partial charge on any atom is 0.221 e. The highest BCUT2D eigenvalue weighted by atomic mass is 15.2. The lowest BCUT2D eigenvalue weighted by Crippen LogP contribution is -2.06. The van der Waals surface area contributed by atoms with Gasteiger partial charge in [0.05, 0.1) is 49.7 Å². The molecule has 5 heterocycles. The van der Waals surface area contributed by atoms with Crippen molar-refractivity contribution in [3.8, 4) is 17.3 Å². The van der Waals surface area contributed by atoms with Crippen LogP contribution in [0.25, 0.3) is 110 Å². The minimum atomic E-state index is 0.807. The molecule has 13 rings (SSSR count). The van der Waals surface area contributed by atoms with Crippen LogP contribution in [0.15, 0.2) is 182 Å². The van der Waals surface area contributed by atoms with E-state index in [2.05, 4.69) is 200 Å². The zero-order chi connectivity index (χ0) is 36.5. The van der Waals surface area contributed by atoms with Crippen LogP contribution in [0.4, 0.5) is 0 Å². The first-order valence-electron chi connectivity index (χ1n) is 19.0. The molecular formula is C50H30N6. The monoisotopic (exact) mass is 714 g/mol. The Bertz CT molecular complexity index is 3500. The van der Waals surface area contributed by atoms with Crippen molar-refractivity contribution in [3.63, 3.8) is 0 Å². The summed E-state index contributed by atoms with van der Waals surface area (Å²) in [4.78, 5) is 10.6. The first kappa shape index (κ1) is 29.7. The summed E-state index contributed by atoms with van der Waals surface area (Å²) < 4.78 is 9.38. The highest BCUT2D eigenvalue weighted by Crippen LogP contribution is 2.40. The molecular weight excluding hydrogens is 685 g/mol. The van der Waals surface area contributed by atoms with Gasteiger partial charge < -0.3 is 9.13 Å². The smallest absolute Gasteiger partial charge is 0.221 e. The number of hydrogen-bond acceptors (Lipinski definition) is 2. The molecule has 13 aromatic rings. The lowest BCUT2D eigenvalue weighted by Gasteiger charge is -2.13. The molecule has 8 aromatic carbocycles. The lowest BCUT2D eigenvalue weighted by atomic mass is 10.1. The van der Waals surface area contributed by atoms with Crippen LogP contribution in [0.2, 0.25) is 0 Å². The molecule has 0 aliphatic carbocycles. The normalized spacial score (nSPS) is 12.3. The Kier molecular flexibility index (Phi) is 5.80. The molecule has 0 spiro atoms. The number of imidazole rings is 1. The van der Waals surface area contributed by atoms with Gasteiger partial charge in [-0.1, -0.05) is 97.1 Å². The molecule has 0 saturated carbocycles. The molecule has 0 amide bonds. The summed E-state index contributed by atoms with van der Waals surface area (Å²) in [5.41, 5.74) is 12.9. The third kappa shape index (κ3) is 3.89. The van der Waals surface area contributed by atoms with Gasteiger partial charge in [-0.3, -0.25) is 8.97 Å². The predicted molar refractivity (Wildman–Crippen MR) is 231 cm³/mol. The van der Waals surface area contributed by atoms with Crippen LogP contribution < -0.4 is 0 Å². The number of nitrogens with zero attached hydrogens (tertiary/aromatic N) is 6. The van der Waals surface area contributed by atoms with Crippen LogP contribution in [0, 0.1) is 0 Å². The molecule has 0 unspecified atom stereocenters. The van der Waals surface area contributed by atoms with Gasteiger partial charge in [-0.25, -0.2) is 9.97 Å². The van der Waals surface area contributed by atoms with Crippen molar-refractivity contribution in [1.29, 1.82) is 0 Å². The largest absolute Gasteiger partial charge is 0.309 e. The molecule has 0 aliphatic heterocycles. The van der Waals surface area contributed by atoms with Crippen molar-refractivity contribution in [2.45, 2.75) is 0 Å². The summed E-state index contributed by atoms with van der Waals surface area (Å²) in [5, 5.41) is 8.30. The molecule has 0 saturated heterocycles. The molecule has 6 nitrogen and oxygen atoms in total. The van der Waals surface area contributed by atoms with Crippen LogP contribution in [-0.2, 0) is 0 Å². The van der Waals surface area contributed by atoms with Gasteiger partial charge in [-0.05, 0) is 84.9 Å². The minimum Gasteiger partial charge on any atom is -0.309 e. The average molecular weight is 715 g/mol. The average Bonchev–Trinajstić information content (AvgIpc) is 4.00. The van der Waals surface area contributed by atoms with Gasteiger partial charge >= 0.3 is 0 Å². The highest BCUT2D eigenvalue weighted by Gasteiger charge is 2.22. The van der Waals surface area contributed by atoms with Gasteiger partial charge in [0.1, 0.15) is 5.65 Å². The molecule has 0 radical (unpaired) electrons. The maximum atomic E-state index is 5.45. The van der Waals surface area contributed by atoms with Gasteiger partial charge in [-0.15, -0.1) is 0 Å². The van der Waals surface area contributed by atoms with Crippen molar-refractivity contribution < 1.29 is 0 Å². The predicted octanol–water partition coefficient (Wildman–Crippen LogP) is 12.3. The minimum absolute atomic E-state index is 0.807. The summed E-state index contributed by atoms with van der Waals surface area (Å²) in [6.45, 7) is 0. The zero-order valence-corrected chi connectivity index (χ0v) is 30.0. The SMILES string of the molecule is c1ccc2c(c1)nc(-n1c3ccc(-n4c5ccccc5c5ccccc54)cc3c3cc(-n4c5ccccc5c5ccccc54)ccc31)n1c3ccccc3nc21. The fourth-order valence-corrected chi connectivity index (χ4v) is 9.37. The third-order valence-electron chi connectivity index (χ3n) is 11.7. The molecule has 6 heteroatoms. The van der Waals surface area contributed by atoms with Crippen LogP contribution in [0.1, 0.15) is 0 Å². The number of benzene rings is 8. The van der Waals surface area contributed by atoms with Gasteiger partial charge in [-0.2, -0.15) is 0 Å². The standard InChI is InChI=1S/C50H30N6/c1-6-18-40-37(17-1)49-51-41-19-7-12-24-48(41)56(49)50(52-40)55-46-27-25-31(53-42-20-8-2-13-33(42)34-14-3-9-21-43(34)53)29-38(46)39-30-32(26-28-47(39)55)54-44-22-10-4-15-35(44)36-16-5-11-23-45(36)54/h1-30H. The van der Waals surface area contributed by atoms with Crippen molar-refractivity contribution in [3.05, 3.63) is 182 Å². The van der Waals surface area contributed by atoms with Crippen LogP contribution >= 0.6 is 0 Å². The fraction of sp³-hybridized carbons (Fsp3) is 0. The second-order valence-corrected chi connectivity index (χ2v) is 14.7.